The Morgan fingerprint density at radius 1 is 1.25 bits per heavy atom. The molecule has 0 radical (unpaired) electrons. The van der Waals surface area contributed by atoms with Gasteiger partial charge in [-0.05, 0) is 61.4 Å². The highest BCUT2D eigenvalue weighted by atomic mass is 32.1. The van der Waals surface area contributed by atoms with Crippen molar-refractivity contribution >= 4 is 22.9 Å². The summed E-state index contributed by atoms with van der Waals surface area (Å²) in [7, 11) is 0. The predicted molar refractivity (Wildman–Crippen MR) is 113 cm³/mol. The van der Waals surface area contributed by atoms with Crippen LogP contribution in [0.1, 0.15) is 54.2 Å². The third-order valence-corrected chi connectivity index (χ3v) is 6.76. The summed E-state index contributed by atoms with van der Waals surface area (Å²) < 4.78 is 6.16. The van der Waals surface area contributed by atoms with Crippen molar-refractivity contribution in [2.24, 2.45) is 0 Å². The van der Waals surface area contributed by atoms with E-state index in [0.29, 0.717) is 13.0 Å². The molecule has 2 aliphatic heterocycles. The Morgan fingerprint density at radius 2 is 2.07 bits per heavy atom. The molecule has 1 aromatic carbocycles. The third-order valence-electron chi connectivity index (χ3n) is 5.79. The third kappa shape index (κ3) is 4.01. The molecule has 0 aliphatic carbocycles. The van der Waals surface area contributed by atoms with Crippen molar-refractivity contribution in [1.29, 1.82) is 0 Å². The summed E-state index contributed by atoms with van der Waals surface area (Å²) in [6.45, 7) is 6.19. The second-order valence-electron chi connectivity index (χ2n) is 7.55. The van der Waals surface area contributed by atoms with Crippen molar-refractivity contribution in [3.05, 3.63) is 56.8 Å². The van der Waals surface area contributed by atoms with Crippen LogP contribution in [0.5, 0.6) is 5.75 Å². The van der Waals surface area contributed by atoms with E-state index in [4.69, 9.17) is 9.84 Å². The largest absolute Gasteiger partial charge is 0.488 e. The minimum absolute atomic E-state index is 0.212. The normalized spacial score (nSPS) is 16.9. The fraction of sp³-hybridized carbons (Fsp3) is 0.435. The number of carbonyl (C=O) groups is 1. The molecule has 28 heavy (non-hydrogen) atoms. The Kier molecular flexibility index (Phi) is 5.83. The van der Waals surface area contributed by atoms with Gasteiger partial charge >= 0.3 is 5.97 Å². The number of nitrogens with zero attached hydrogens (tertiary/aromatic N) is 1. The van der Waals surface area contributed by atoms with Crippen LogP contribution in [-0.2, 0) is 17.8 Å². The van der Waals surface area contributed by atoms with Gasteiger partial charge in [-0.15, -0.1) is 11.3 Å². The number of carboxylic acids is 1. The molecule has 2 aromatic rings. The first-order chi connectivity index (χ1) is 13.7. The van der Waals surface area contributed by atoms with E-state index in [0.717, 1.165) is 44.6 Å². The number of thiophene rings is 1. The fourth-order valence-electron chi connectivity index (χ4n) is 4.18. The molecule has 2 aliphatic rings. The number of fused-ring (bicyclic) bond motifs is 2. The zero-order valence-corrected chi connectivity index (χ0v) is 17.2. The molecule has 1 fully saturated rings. The molecule has 1 aromatic heterocycles. The van der Waals surface area contributed by atoms with E-state index in [-0.39, 0.29) is 6.42 Å². The lowest BCUT2D eigenvalue weighted by Gasteiger charge is -2.29. The molecule has 1 N–H and O–H groups in total. The van der Waals surface area contributed by atoms with Crippen LogP contribution >= 0.6 is 11.3 Å². The van der Waals surface area contributed by atoms with E-state index in [2.05, 4.69) is 41.5 Å². The molecule has 0 spiro atoms. The molecule has 0 saturated carbocycles. The highest BCUT2D eigenvalue weighted by Crippen LogP contribution is 2.43. The van der Waals surface area contributed by atoms with Crippen LogP contribution in [-0.4, -0.2) is 35.6 Å². The van der Waals surface area contributed by atoms with Crippen molar-refractivity contribution in [2.45, 2.75) is 45.6 Å². The van der Waals surface area contributed by atoms with E-state index < -0.39 is 5.97 Å². The van der Waals surface area contributed by atoms with Gasteiger partial charge in [0.1, 0.15) is 12.4 Å². The van der Waals surface area contributed by atoms with Crippen LogP contribution in [0.4, 0.5) is 0 Å². The number of likely N-dealkylation sites (tertiary alicyclic amines) is 1. The van der Waals surface area contributed by atoms with Gasteiger partial charge in [-0.2, -0.15) is 0 Å². The fourth-order valence-corrected chi connectivity index (χ4v) is 5.20. The van der Waals surface area contributed by atoms with Crippen LogP contribution in [0, 0.1) is 0 Å². The highest BCUT2D eigenvalue weighted by Gasteiger charge is 2.25. The maximum absolute atomic E-state index is 10.9. The van der Waals surface area contributed by atoms with E-state index in [9.17, 15) is 4.79 Å². The zero-order chi connectivity index (χ0) is 19.5. The van der Waals surface area contributed by atoms with Gasteiger partial charge in [0, 0.05) is 41.1 Å². The van der Waals surface area contributed by atoms with Gasteiger partial charge in [-0.3, -0.25) is 4.79 Å². The molecule has 4 nitrogen and oxygen atoms in total. The summed E-state index contributed by atoms with van der Waals surface area (Å²) in [6.07, 6.45) is 3.86. The van der Waals surface area contributed by atoms with Crippen molar-refractivity contribution < 1.29 is 14.6 Å². The molecular formula is C23H27NO3S. The van der Waals surface area contributed by atoms with Gasteiger partial charge in [-0.25, -0.2) is 0 Å². The number of aliphatic carboxylic acids is 1. The summed E-state index contributed by atoms with van der Waals surface area (Å²) in [4.78, 5) is 14.7. The number of piperidine rings is 1. The van der Waals surface area contributed by atoms with E-state index in [1.54, 1.807) is 0 Å². The number of hydrogen-bond acceptors (Lipinski definition) is 4. The first kappa shape index (κ1) is 19.2. The van der Waals surface area contributed by atoms with Crippen molar-refractivity contribution in [2.75, 3.05) is 19.6 Å². The van der Waals surface area contributed by atoms with E-state index >= 15 is 0 Å². The van der Waals surface area contributed by atoms with Crippen molar-refractivity contribution in [3.63, 3.8) is 0 Å². The molecule has 148 valence electrons. The topological polar surface area (TPSA) is 49.8 Å². The maximum atomic E-state index is 10.9. The highest BCUT2D eigenvalue weighted by molar-refractivity contribution is 7.11. The van der Waals surface area contributed by atoms with Gasteiger partial charge in [0.05, 0.1) is 0 Å². The standard InChI is InChI=1S/C23H27NO3S/c1-2-24-11-8-17(9-12-24)22-19-14-16(4-3-5-21(25)26)6-7-20(19)27-15-18-10-13-28-23(18)22/h6-7,10,13-14H,2-5,8-9,11-12,15H2,1H3,(H,25,26). The smallest absolute Gasteiger partial charge is 0.303 e. The Labute approximate surface area is 170 Å². The number of ether oxygens (including phenoxy) is 1. The summed E-state index contributed by atoms with van der Waals surface area (Å²) >= 11 is 1.81. The lowest BCUT2D eigenvalue weighted by molar-refractivity contribution is -0.137. The summed E-state index contributed by atoms with van der Waals surface area (Å²) in [6, 6.07) is 8.58. The molecule has 0 amide bonds. The van der Waals surface area contributed by atoms with Gasteiger partial charge in [0.25, 0.3) is 0 Å². The molecular weight excluding hydrogens is 370 g/mol. The van der Waals surface area contributed by atoms with E-state index in [1.807, 2.05) is 11.3 Å². The van der Waals surface area contributed by atoms with Gasteiger partial charge in [0.15, 0.2) is 0 Å². The van der Waals surface area contributed by atoms with Crippen LogP contribution < -0.4 is 4.74 Å². The Balaban J connectivity index is 1.72. The van der Waals surface area contributed by atoms with Crippen LogP contribution in [0.15, 0.2) is 35.2 Å². The lowest BCUT2D eigenvalue weighted by Crippen LogP contribution is -2.30. The van der Waals surface area contributed by atoms with Crippen LogP contribution in [0.25, 0.3) is 5.57 Å². The maximum Gasteiger partial charge on any atom is 0.303 e. The number of benzene rings is 1. The van der Waals surface area contributed by atoms with Crippen molar-refractivity contribution in [1.82, 2.24) is 4.90 Å². The summed E-state index contributed by atoms with van der Waals surface area (Å²) in [5.74, 6) is 0.220. The van der Waals surface area contributed by atoms with Crippen molar-refractivity contribution in [3.8, 4) is 5.75 Å². The average molecular weight is 398 g/mol. The lowest BCUT2D eigenvalue weighted by atomic mass is 9.89. The molecule has 0 bridgehead atoms. The Morgan fingerprint density at radius 3 is 2.82 bits per heavy atom. The summed E-state index contributed by atoms with van der Waals surface area (Å²) in [5, 5.41) is 11.1. The summed E-state index contributed by atoms with van der Waals surface area (Å²) in [5.41, 5.74) is 6.55. The Hall–Kier alpha value is -2.11. The molecule has 3 heterocycles. The van der Waals surface area contributed by atoms with Crippen LogP contribution in [0.2, 0.25) is 0 Å². The van der Waals surface area contributed by atoms with Gasteiger partial charge in [0.2, 0.25) is 0 Å². The average Bonchev–Trinajstić information content (AvgIpc) is 3.10. The minimum Gasteiger partial charge on any atom is -0.488 e. The van der Waals surface area contributed by atoms with Crippen LogP contribution in [0.3, 0.4) is 0 Å². The molecule has 5 heteroatoms. The number of hydrogen-bond donors (Lipinski definition) is 1. The SMILES string of the molecule is CCN1CCC(=C2c3cc(CCCC(=O)O)ccc3OCc3ccsc32)CC1. The predicted octanol–water partition coefficient (Wildman–Crippen LogP) is 4.97. The Bertz CT molecular complexity index is 889. The number of aryl methyl sites for hydroxylation is 1. The first-order valence-corrected chi connectivity index (χ1v) is 11.0. The minimum atomic E-state index is -0.730. The molecule has 4 rings (SSSR count). The molecule has 0 atom stereocenters. The number of carboxylic acid groups (broad SMARTS) is 1. The second kappa shape index (κ2) is 8.50. The van der Waals surface area contributed by atoms with E-state index in [1.165, 1.54) is 32.7 Å². The quantitative estimate of drug-likeness (QED) is 0.774. The molecule has 1 saturated heterocycles. The van der Waals surface area contributed by atoms with Gasteiger partial charge < -0.3 is 14.7 Å². The number of rotatable bonds is 5. The molecule has 0 unspecified atom stereocenters. The second-order valence-corrected chi connectivity index (χ2v) is 8.47. The van der Waals surface area contributed by atoms with Gasteiger partial charge in [-0.1, -0.05) is 18.6 Å². The first-order valence-electron chi connectivity index (χ1n) is 10.1. The monoisotopic (exact) mass is 397 g/mol. The zero-order valence-electron chi connectivity index (χ0n) is 16.4.